The zero-order chi connectivity index (χ0) is 15.5. The summed E-state index contributed by atoms with van der Waals surface area (Å²) in [5, 5.41) is -0.351. The predicted molar refractivity (Wildman–Crippen MR) is 59.8 cm³/mol. The maximum atomic E-state index is 12.7. The number of pyridine rings is 1. The number of carbonyl (C=O) groups is 1. The minimum Gasteiger partial charge on any atom is -0.464 e. The molecule has 0 N–H and O–H groups in total. The van der Waals surface area contributed by atoms with Crippen LogP contribution >= 0.6 is 15.9 Å². The van der Waals surface area contributed by atoms with E-state index in [-0.39, 0.29) is 5.33 Å². The minimum absolute atomic E-state index is 0.351. The van der Waals surface area contributed by atoms with E-state index in [2.05, 4.69) is 30.4 Å². The summed E-state index contributed by atoms with van der Waals surface area (Å²) in [7, 11) is 0.980. The van der Waals surface area contributed by atoms with Crippen LogP contribution in [0.4, 0.5) is 22.0 Å². The molecule has 0 radical (unpaired) electrons. The molecule has 1 heterocycles. The van der Waals surface area contributed by atoms with Gasteiger partial charge < -0.3 is 9.47 Å². The van der Waals surface area contributed by atoms with E-state index in [4.69, 9.17) is 0 Å². The van der Waals surface area contributed by atoms with Gasteiger partial charge in [-0.05, 0) is 0 Å². The average molecular weight is 364 g/mol. The van der Waals surface area contributed by atoms with Gasteiger partial charge in [0.15, 0.2) is 5.69 Å². The van der Waals surface area contributed by atoms with Crippen LogP contribution in [0.25, 0.3) is 0 Å². The summed E-state index contributed by atoms with van der Waals surface area (Å²) in [6, 6.07) is 0. The molecule has 0 atom stereocenters. The van der Waals surface area contributed by atoms with Crippen LogP contribution in [-0.4, -0.2) is 24.4 Å². The molecule has 0 saturated carbocycles. The lowest BCUT2D eigenvalue weighted by Gasteiger charge is -2.17. The zero-order valence-corrected chi connectivity index (χ0v) is 11.4. The number of alkyl halides is 6. The molecule has 1 rings (SSSR count). The van der Waals surface area contributed by atoms with Crippen LogP contribution in [0.2, 0.25) is 0 Å². The van der Waals surface area contributed by atoms with Crippen molar-refractivity contribution in [3.05, 3.63) is 23.0 Å². The lowest BCUT2D eigenvalue weighted by Crippen LogP contribution is -2.21. The number of ether oxygens (including phenoxy) is 2. The van der Waals surface area contributed by atoms with Crippen molar-refractivity contribution in [2.75, 3.05) is 7.11 Å². The van der Waals surface area contributed by atoms with Crippen molar-refractivity contribution in [3.8, 4) is 5.75 Å². The van der Waals surface area contributed by atoms with E-state index >= 15 is 0 Å². The summed E-state index contributed by atoms with van der Waals surface area (Å²) in [6.45, 7) is 0. The van der Waals surface area contributed by atoms with Gasteiger partial charge in [-0.2, -0.15) is 0 Å². The summed E-state index contributed by atoms with van der Waals surface area (Å²) < 4.78 is 70.2. The monoisotopic (exact) mass is 363 g/mol. The largest absolute Gasteiger partial charge is 0.573 e. The fourth-order valence-electron chi connectivity index (χ4n) is 1.34. The van der Waals surface area contributed by atoms with E-state index in [0.29, 0.717) is 6.20 Å². The molecule has 112 valence electrons. The Kier molecular flexibility index (Phi) is 5.26. The van der Waals surface area contributed by atoms with Gasteiger partial charge >= 0.3 is 12.3 Å². The second-order valence-electron chi connectivity index (χ2n) is 3.34. The third-order valence-corrected chi connectivity index (χ3v) is 2.68. The molecule has 0 bridgehead atoms. The lowest BCUT2D eigenvalue weighted by atomic mass is 10.1. The van der Waals surface area contributed by atoms with E-state index in [1.165, 1.54) is 0 Å². The van der Waals surface area contributed by atoms with Crippen molar-refractivity contribution >= 4 is 21.9 Å². The van der Waals surface area contributed by atoms with E-state index in [0.717, 1.165) is 7.11 Å². The fraction of sp³-hybridized carbons (Fsp3) is 0.400. The SMILES string of the molecule is COC(=O)c1ncc(C(F)F)c(OC(F)(F)F)c1CBr. The van der Waals surface area contributed by atoms with Gasteiger partial charge in [0.1, 0.15) is 5.75 Å². The highest BCUT2D eigenvalue weighted by Crippen LogP contribution is 2.37. The summed E-state index contributed by atoms with van der Waals surface area (Å²) in [5.74, 6) is -2.22. The first kappa shape index (κ1) is 16.6. The number of hydrogen-bond donors (Lipinski definition) is 0. The zero-order valence-electron chi connectivity index (χ0n) is 9.80. The van der Waals surface area contributed by atoms with E-state index in [1.54, 1.807) is 0 Å². The molecular formula is C10H7BrF5NO3. The first-order chi connectivity index (χ1) is 9.21. The Morgan fingerprint density at radius 3 is 2.45 bits per heavy atom. The van der Waals surface area contributed by atoms with Crippen LogP contribution in [0.15, 0.2) is 6.20 Å². The van der Waals surface area contributed by atoms with Crippen LogP contribution in [0.5, 0.6) is 5.75 Å². The number of nitrogens with zero attached hydrogens (tertiary/aromatic N) is 1. The van der Waals surface area contributed by atoms with Gasteiger partial charge in [0.2, 0.25) is 0 Å². The molecule has 1 aromatic heterocycles. The van der Waals surface area contributed by atoms with Crippen molar-refractivity contribution in [1.82, 2.24) is 4.98 Å². The molecule has 0 amide bonds. The van der Waals surface area contributed by atoms with E-state index < -0.39 is 41.3 Å². The highest BCUT2D eigenvalue weighted by atomic mass is 79.9. The topological polar surface area (TPSA) is 48.4 Å². The summed E-state index contributed by atoms with van der Waals surface area (Å²) in [6.07, 6.45) is -7.98. The van der Waals surface area contributed by atoms with Crippen molar-refractivity contribution in [2.24, 2.45) is 0 Å². The van der Waals surface area contributed by atoms with Crippen LogP contribution in [0.3, 0.4) is 0 Å². The number of methoxy groups -OCH3 is 1. The molecule has 4 nitrogen and oxygen atoms in total. The maximum absolute atomic E-state index is 12.7. The summed E-state index contributed by atoms with van der Waals surface area (Å²) >= 11 is 2.81. The van der Waals surface area contributed by atoms with E-state index in [9.17, 15) is 26.7 Å². The van der Waals surface area contributed by atoms with Crippen LogP contribution in [0.1, 0.15) is 28.0 Å². The minimum atomic E-state index is -5.19. The van der Waals surface area contributed by atoms with Gasteiger partial charge in [-0.3, -0.25) is 0 Å². The van der Waals surface area contributed by atoms with Gasteiger partial charge in [0, 0.05) is 17.1 Å². The second kappa shape index (κ2) is 6.33. The van der Waals surface area contributed by atoms with Gasteiger partial charge in [-0.25, -0.2) is 18.6 Å². The van der Waals surface area contributed by atoms with Crippen molar-refractivity contribution in [2.45, 2.75) is 18.1 Å². The van der Waals surface area contributed by atoms with Gasteiger partial charge in [-0.1, -0.05) is 15.9 Å². The van der Waals surface area contributed by atoms with Gasteiger partial charge in [0.25, 0.3) is 6.43 Å². The molecule has 1 aromatic rings. The van der Waals surface area contributed by atoms with Crippen molar-refractivity contribution < 1.29 is 36.2 Å². The molecule has 0 aliphatic heterocycles. The number of carbonyl (C=O) groups excluding carboxylic acids is 1. The molecule has 0 unspecified atom stereocenters. The quantitative estimate of drug-likeness (QED) is 0.466. The van der Waals surface area contributed by atoms with Gasteiger partial charge in [-0.15, -0.1) is 13.2 Å². The molecule has 10 heteroatoms. The number of aromatic nitrogens is 1. The molecular weight excluding hydrogens is 357 g/mol. The maximum Gasteiger partial charge on any atom is 0.573 e. The Bertz CT molecular complexity index is 506. The van der Waals surface area contributed by atoms with Crippen molar-refractivity contribution in [3.63, 3.8) is 0 Å². The number of rotatable bonds is 4. The molecule has 0 fully saturated rings. The highest BCUT2D eigenvalue weighted by Gasteiger charge is 2.36. The van der Waals surface area contributed by atoms with E-state index in [1.807, 2.05) is 0 Å². The Morgan fingerprint density at radius 1 is 1.45 bits per heavy atom. The number of halogens is 6. The first-order valence-electron chi connectivity index (χ1n) is 4.91. The standard InChI is InChI=1S/C10H7BrF5NO3/c1-19-9(18)6-4(2-11)7(20-10(14,15)16)5(3-17-6)8(12)13/h3,8H,2H2,1H3. The summed E-state index contributed by atoms with van der Waals surface area (Å²) in [5.41, 5.74) is -2.07. The fourth-order valence-corrected chi connectivity index (χ4v) is 1.86. The summed E-state index contributed by atoms with van der Waals surface area (Å²) in [4.78, 5) is 14.8. The molecule has 0 spiro atoms. The number of hydrogen-bond acceptors (Lipinski definition) is 4. The highest BCUT2D eigenvalue weighted by molar-refractivity contribution is 9.08. The third-order valence-electron chi connectivity index (χ3n) is 2.12. The Morgan fingerprint density at radius 2 is 2.05 bits per heavy atom. The molecule has 0 aromatic carbocycles. The van der Waals surface area contributed by atoms with Gasteiger partial charge in [0.05, 0.1) is 12.7 Å². The predicted octanol–water partition coefficient (Wildman–Crippen LogP) is 3.60. The normalized spacial score (nSPS) is 11.6. The Hall–Kier alpha value is -1.45. The van der Waals surface area contributed by atoms with Crippen LogP contribution in [-0.2, 0) is 10.1 Å². The Labute approximate surface area is 118 Å². The third kappa shape index (κ3) is 3.78. The number of esters is 1. The van der Waals surface area contributed by atoms with Crippen LogP contribution in [0, 0.1) is 0 Å². The Balaban J connectivity index is 3.50. The molecule has 0 aliphatic rings. The van der Waals surface area contributed by atoms with Crippen LogP contribution < -0.4 is 4.74 Å². The van der Waals surface area contributed by atoms with Crippen molar-refractivity contribution in [1.29, 1.82) is 0 Å². The molecule has 20 heavy (non-hydrogen) atoms. The lowest BCUT2D eigenvalue weighted by molar-refractivity contribution is -0.275. The average Bonchev–Trinajstić information content (AvgIpc) is 2.34. The molecule has 0 aliphatic carbocycles. The second-order valence-corrected chi connectivity index (χ2v) is 3.90. The first-order valence-corrected chi connectivity index (χ1v) is 6.03. The smallest absolute Gasteiger partial charge is 0.464 e. The molecule has 0 saturated heterocycles.